The number of carbonyl (C=O) groups excluding carboxylic acids is 2. The number of piperidine rings is 1. The first-order valence-electron chi connectivity index (χ1n) is 11.1. The fraction of sp³-hybridized carbons (Fsp3) is 0.417. The molecule has 176 valence electrons. The Morgan fingerprint density at radius 2 is 1.79 bits per heavy atom. The van der Waals surface area contributed by atoms with E-state index in [1.54, 1.807) is 12.1 Å². The third kappa shape index (κ3) is 4.20. The van der Waals surface area contributed by atoms with E-state index in [0.717, 1.165) is 0 Å². The van der Waals surface area contributed by atoms with Gasteiger partial charge in [0, 0.05) is 31.1 Å². The summed E-state index contributed by atoms with van der Waals surface area (Å²) in [4.78, 5) is 28.3. The lowest BCUT2D eigenvalue weighted by Gasteiger charge is -2.43. The van der Waals surface area contributed by atoms with E-state index in [0.29, 0.717) is 37.9 Å². The summed E-state index contributed by atoms with van der Waals surface area (Å²) in [5.41, 5.74) is 0.541. The molecule has 4 rings (SSSR count). The Balaban J connectivity index is 1.61. The van der Waals surface area contributed by atoms with Crippen LogP contribution in [0.4, 0.5) is 4.39 Å². The Morgan fingerprint density at radius 1 is 1.12 bits per heavy atom. The maximum atomic E-state index is 13.6. The van der Waals surface area contributed by atoms with Gasteiger partial charge in [-0.25, -0.2) is 12.8 Å². The Kier molecular flexibility index (Phi) is 6.65. The fourth-order valence-electron chi connectivity index (χ4n) is 4.72. The van der Waals surface area contributed by atoms with E-state index in [2.05, 4.69) is 0 Å². The normalized spacial score (nSPS) is 21.5. The molecule has 1 atom stereocenters. The summed E-state index contributed by atoms with van der Waals surface area (Å²) in [5, 5.41) is 0. The second kappa shape index (κ2) is 9.32. The molecule has 0 bridgehead atoms. The van der Waals surface area contributed by atoms with Gasteiger partial charge in [0.15, 0.2) is 5.78 Å². The molecule has 33 heavy (non-hydrogen) atoms. The van der Waals surface area contributed by atoms with Crippen molar-refractivity contribution in [3.05, 3.63) is 59.4 Å². The molecule has 7 nitrogen and oxygen atoms in total. The van der Waals surface area contributed by atoms with Gasteiger partial charge in [-0.3, -0.25) is 14.5 Å². The van der Waals surface area contributed by atoms with Gasteiger partial charge in [0.1, 0.15) is 17.7 Å². The lowest BCUT2D eigenvalue weighted by Crippen LogP contribution is -2.60. The molecular formula is C24H27FN2O5S. The number of Topliss-reactive ketones (excluding diaryl/α,β-unsaturated/α-hetero) is 2. The highest BCUT2D eigenvalue weighted by Gasteiger charge is 2.48. The molecule has 9 heteroatoms. The zero-order valence-electron chi connectivity index (χ0n) is 18.7. The van der Waals surface area contributed by atoms with Gasteiger partial charge in [0.2, 0.25) is 15.8 Å². The summed E-state index contributed by atoms with van der Waals surface area (Å²) in [6, 6.07) is 10.1. The summed E-state index contributed by atoms with van der Waals surface area (Å²) in [7, 11) is -2.49. The molecule has 0 spiro atoms. The lowest BCUT2D eigenvalue weighted by molar-refractivity contribution is 0.0428. The molecule has 2 aromatic rings. The molecule has 2 heterocycles. The van der Waals surface area contributed by atoms with Crippen LogP contribution in [0.5, 0.6) is 5.75 Å². The Morgan fingerprint density at radius 3 is 2.39 bits per heavy atom. The second-order valence-electron chi connectivity index (χ2n) is 8.37. The number of hydrogen-bond acceptors (Lipinski definition) is 6. The van der Waals surface area contributed by atoms with Crippen LogP contribution in [0.25, 0.3) is 0 Å². The van der Waals surface area contributed by atoms with E-state index in [1.807, 2.05) is 11.8 Å². The van der Waals surface area contributed by atoms with Crippen LogP contribution in [0.3, 0.4) is 0 Å². The summed E-state index contributed by atoms with van der Waals surface area (Å²) >= 11 is 0. The van der Waals surface area contributed by atoms with Gasteiger partial charge in [-0.1, -0.05) is 13.0 Å². The van der Waals surface area contributed by atoms with Crippen molar-refractivity contribution in [2.75, 3.05) is 26.7 Å². The van der Waals surface area contributed by atoms with Gasteiger partial charge in [0.05, 0.1) is 17.6 Å². The largest absolute Gasteiger partial charge is 0.496 e. The third-order valence-corrected chi connectivity index (χ3v) is 8.26. The number of hydrogen-bond donors (Lipinski definition) is 0. The van der Waals surface area contributed by atoms with E-state index in [-0.39, 0.29) is 40.2 Å². The number of rotatable bonds is 6. The van der Waals surface area contributed by atoms with Crippen LogP contribution in [0.2, 0.25) is 0 Å². The van der Waals surface area contributed by atoms with Gasteiger partial charge in [-0.05, 0) is 55.7 Å². The van der Waals surface area contributed by atoms with Crippen molar-refractivity contribution < 1.29 is 27.1 Å². The van der Waals surface area contributed by atoms with Gasteiger partial charge in [-0.15, -0.1) is 0 Å². The number of likely N-dealkylation sites (tertiary alicyclic amines) is 1. The van der Waals surface area contributed by atoms with Crippen LogP contribution in [-0.2, 0) is 10.0 Å². The molecule has 2 aliphatic heterocycles. The number of methoxy groups -OCH3 is 1. The molecule has 1 unspecified atom stereocenters. The highest BCUT2D eigenvalue weighted by molar-refractivity contribution is 7.89. The van der Waals surface area contributed by atoms with Crippen molar-refractivity contribution in [2.45, 2.75) is 37.2 Å². The molecule has 0 amide bonds. The van der Waals surface area contributed by atoms with Crippen molar-refractivity contribution in [1.29, 1.82) is 0 Å². The van der Waals surface area contributed by atoms with Gasteiger partial charge < -0.3 is 4.74 Å². The zero-order valence-corrected chi connectivity index (χ0v) is 19.5. The molecule has 2 aromatic carbocycles. The molecule has 1 saturated heterocycles. The second-order valence-corrected chi connectivity index (χ2v) is 10.2. The number of carbonyl (C=O) groups is 2. The van der Waals surface area contributed by atoms with E-state index >= 15 is 0 Å². The van der Waals surface area contributed by atoms with Crippen molar-refractivity contribution in [3.8, 4) is 5.75 Å². The molecule has 0 saturated carbocycles. The summed E-state index contributed by atoms with van der Waals surface area (Å²) in [5.74, 6) is -0.791. The van der Waals surface area contributed by atoms with Crippen molar-refractivity contribution in [2.24, 2.45) is 5.92 Å². The minimum atomic E-state index is -3.90. The number of sulfonamides is 1. The summed E-state index contributed by atoms with van der Waals surface area (Å²) < 4.78 is 46.7. The van der Waals surface area contributed by atoms with Crippen molar-refractivity contribution in [3.63, 3.8) is 0 Å². The lowest BCUT2D eigenvalue weighted by atomic mass is 9.88. The fourth-order valence-corrected chi connectivity index (χ4v) is 6.60. The van der Waals surface area contributed by atoms with Crippen molar-refractivity contribution in [1.82, 2.24) is 9.21 Å². The first-order valence-corrected chi connectivity index (χ1v) is 12.5. The quantitative estimate of drug-likeness (QED) is 0.597. The average molecular weight is 475 g/mol. The van der Waals surface area contributed by atoms with Crippen LogP contribution in [0, 0.1) is 11.7 Å². The number of fused-ring (bicyclic) bond motifs is 1. The van der Waals surface area contributed by atoms with Crippen LogP contribution in [0.15, 0.2) is 47.4 Å². The predicted molar refractivity (Wildman–Crippen MR) is 120 cm³/mol. The van der Waals surface area contributed by atoms with Crippen LogP contribution in [-0.4, -0.2) is 62.1 Å². The predicted octanol–water partition coefficient (Wildman–Crippen LogP) is 3.35. The van der Waals surface area contributed by atoms with E-state index in [4.69, 9.17) is 4.74 Å². The molecule has 0 N–H and O–H groups in total. The van der Waals surface area contributed by atoms with Crippen LogP contribution >= 0.6 is 0 Å². The van der Waals surface area contributed by atoms with Gasteiger partial charge in [-0.2, -0.15) is 4.31 Å². The van der Waals surface area contributed by atoms with Gasteiger partial charge >= 0.3 is 0 Å². The molecular weight excluding hydrogens is 447 g/mol. The number of nitrogens with zero attached hydrogens (tertiary/aromatic N) is 2. The Hall–Kier alpha value is -2.62. The van der Waals surface area contributed by atoms with Gasteiger partial charge in [0.25, 0.3) is 0 Å². The SMILES string of the molecule is CCCN1C(N2CCC(C(=O)c3ccc(F)cc3)CC2)C(=O)c2c(OC)cccc2S1(=O)=O. The number of halogens is 1. The number of ketones is 2. The van der Waals surface area contributed by atoms with E-state index < -0.39 is 22.0 Å². The maximum Gasteiger partial charge on any atom is 0.245 e. The monoisotopic (exact) mass is 474 g/mol. The van der Waals surface area contributed by atoms with Crippen LogP contribution < -0.4 is 4.74 Å². The summed E-state index contributed by atoms with van der Waals surface area (Å²) in [6.45, 7) is 2.87. The van der Waals surface area contributed by atoms with Crippen molar-refractivity contribution >= 4 is 21.6 Å². The standard InChI is InChI=1S/C24H27FN2O5S/c1-3-13-27-24(23(29)21-19(32-2)5-4-6-20(21)33(27,30)31)26-14-11-17(12-15-26)22(28)16-7-9-18(25)10-8-16/h4-10,17,24H,3,11-15H2,1-2H3. The third-order valence-electron chi connectivity index (χ3n) is 6.37. The minimum absolute atomic E-state index is 0.0297. The Bertz CT molecular complexity index is 1160. The van der Waals surface area contributed by atoms with Crippen LogP contribution in [0.1, 0.15) is 46.9 Å². The smallest absolute Gasteiger partial charge is 0.245 e. The summed E-state index contributed by atoms with van der Waals surface area (Å²) in [6.07, 6.45) is 0.556. The molecule has 0 radical (unpaired) electrons. The molecule has 0 aromatic heterocycles. The molecule has 0 aliphatic carbocycles. The Labute approximate surface area is 193 Å². The molecule has 1 fully saturated rings. The topological polar surface area (TPSA) is 84.0 Å². The first-order chi connectivity index (χ1) is 15.8. The zero-order chi connectivity index (χ0) is 23.8. The maximum absolute atomic E-state index is 13.6. The molecule has 2 aliphatic rings. The first kappa shape index (κ1) is 23.5. The minimum Gasteiger partial charge on any atom is -0.496 e. The van der Waals surface area contributed by atoms with E-state index in [1.165, 1.54) is 41.7 Å². The van der Waals surface area contributed by atoms with E-state index in [9.17, 15) is 22.4 Å². The average Bonchev–Trinajstić information content (AvgIpc) is 2.82. The highest BCUT2D eigenvalue weighted by Crippen LogP contribution is 2.38. The number of ether oxygens (including phenoxy) is 1. The number of benzene rings is 2. The highest BCUT2D eigenvalue weighted by atomic mass is 32.2.